The largest absolute Gasteiger partial charge is 0.354 e. The molecule has 0 saturated carbocycles. The van der Waals surface area contributed by atoms with Crippen LogP contribution >= 0.6 is 0 Å². The molecule has 7 nitrogen and oxygen atoms in total. The first-order valence-corrected chi connectivity index (χ1v) is 10.5. The normalized spacial score (nSPS) is 22.9. The molecule has 2 bridgehead atoms. The zero-order valence-corrected chi connectivity index (χ0v) is 16.8. The van der Waals surface area contributed by atoms with Crippen LogP contribution in [0.4, 0.5) is 0 Å². The highest BCUT2D eigenvalue weighted by atomic mass is 16.2. The Morgan fingerprint density at radius 3 is 2.87 bits per heavy atom. The average molecular weight is 403 g/mol. The molecule has 0 spiro atoms. The highest BCUT2D eigenvalue weighted by Crippen LogP contribution is 2.26. The number of hydrogen-bond donors (Lipinski definition) is 2. The lowest BCUT2D eigenvalue weighted by Crippen LogP contribution is -2.57. The van der Waals surface area contributed by atoms with E-state index in [0.29, 0.717) is 19.5 Å². The molecule has 2 saturated heterocycles. The number of nitrogens with zero attached hydrogens (tertiary/aromatic N) is 3. The third-order valence-corrected chi connectivity index (χ3v) is 6.26. The maximum atomic E-state index is 13.0. The van der Waals surface area contributed by atoms with Crippen LogP contribution in [0.25, 0.3) is 11.0 Å². The summed E-state index contributed by atoms with van der Waals surface area (Å²) in [5.74, 6) is 0.0757. The Morgan fingerprint density at radius 2 is 2.00 bits per heavy atom. The monoisotopic (exact) mass is 403 g/mol. The van der Waals surface area contributed by atoms with Gasteiger partial charge in [-0.15, -0.1) is 0 Å². The number of piperazine rings is 1. The van der Waals surface area contributed by atoms with Gasteiger partial charge in [0.2, 0.25) is 5.91 Å². The number of hydrogen-bond acceptors (Lipinski definition) is 4. The van der Waals surface area contributed by atoms with Gasteiger partial charge in [-0.2, -0.15) is 0 Å². The highest BCUT2D eigenvalue weighted by molar-refractivity contribution is 5.94. The van der Waals surface area contributed by atoms with Crippen molar-refractivity contribution in [3.8, 4) is 0 Å². The van der Waals surface area contributed by atoms with Crippen molar-refractivity contribution in [2.45, 2.75) is 24.9 Å². The highest BCUT2D eigenvalue weighted by Gasteiger charge is 2.40. The summed E-state index contributed by atoms with van der Waals surface area (Å²) >= 11 is 0. The van der Waals surface area contributed by atoms with Crippen LogP contribution in [-0.2, 0) is 11.2 Å². The minimum Gasteiger partial charge on any atom is -0.354 e. The van der Waals surface area contributed by atoms with E-state index in [1.807, 2.05) is 53.6 Å². The quantitative estimate of drug-likeness (QED) is 0.681. The summed E-state index contributed by atoms with van der Waals surface area (Å²) in [6.07, 6.45) is 4.89. The summed E-state index contributed by atoms with van der Waals surface area (Å²) in [7, 11) is 0. The number of rotatable bonds is 5. The predicted octanol–water partition coefficient (Wildman–Crippen LogP) is 1.82. The van der Waals surface area contributed by atoms with E-state index >= 15 is 0 Å². The van der Waals surface area contributed by atoms with E-state index in [9.17, 15) is 9.59 Å². The fourth-order valence-electron chi connectivity index (χ4n) is 4.66. The molecular weight excluding hydrogens is 378 g/mol. The standard InChI is InChI=1S/C23H25N5O2/c29-21(11-17-12-26-22-20(17)7-4-9-24-22)25-13-19-15-28(18-8-10-27(19)14-18)23(30)16-5-2-1-3-6-16/h1-7,9,12,18-19H,8,10-11,13-15H2,(H,24,26)(H,25,29). The van der Waals surface area contributed by atoms with E-state index in [1.54, 1.807) is 6.20 Å². The molecule has 7 heteroatoms. The third-order valence-electron chi connectivity index (χ3n) is 6.26. The Kier molecular flexibility index (Phi) is 4.96. The van der Waals surface area contributed by atoms with Crippen molar-refractivity contribution in [3.05, 3.63) is 66.0 Å². The summed E-state index contributed by atoms with van der Waals surface area (Å²) in [4.78, 5) is 37.4. The lowest BCUT2D eigenvalue weighted by molar-refractivity contribution is -0.120. The number of pyridine rings is 1. The van der Waals surface area contributed by atoms with Crippen LogP contribution in [0.3, 0.4) is 0 Å². The number of fused-ring (bicyclic) bond motifs is 3. The molecule has 0 aliphatic carbocycles. The van der Waals surface area contributed by atoms with Crippen molar-refractivity contribution in [2.24, 2.45) is 0 Å². The lowest BCUT2D eigenvalue weighted by Gasteiger charge is -2.40. The van der Waals surface area contributed by atoms with Crippen molar-refractivity contribution >= 4 is 22.8 Å². The van der Waals surface area contributed by atoms with Gasteiger partial charge in [-0.1, -0.05) is 18.2 Å². The summed E-state index contributed by atoms with van der Waals surface area (Å²) < 4.78 is 0. The van der Waals surface area contributed by atoms with Gasteiger partial charge in [-0.3, -0.25) is 14.5 Å². The van der Waals surface area contributed by atoms with Gasteiger partial charge in [-0.25, -0.2) is 4.98 Å². The fourth-order valence-corrected chi connectivity index (χ4v) is 4.66. The van der Waals surface area contributed by atoms with Crippen molar-refractivity contribution in [1.29, 1.82) is 0 Å². The zero-order chi connectivity index (χ0) is 20.5. The Hall–Kier alpha value is -3.19. The second-order valence-corrected chi connectivity index (χ2v) is 8.11. The van der Waals surface area contributed by atoms with Gasteiger partial charge in [0.25, 0.3) is 5.91 Å². The maximum Gasteiger partial charge on any atom is 0.254 e. The molecular formula is C23H25N5O2. The second kappa shape index (κ2) is 7.91. The molecule has 30 heavy (non-hydrogen) atoms. The maximum absolute atomic E-state index is 13.0. The number of aromatic amines is 1. The number of amides is 2. The van der Waals surface area contributed by atoms with Crippen LogP contribution in [0, 0.1) is 0 Å². The number of nitrogens with one attached hydrogen (secondary N) is 2. The molecule has 1 aromatic carbocycles. The van der Waals surface area contributed by atoms with E-state index in [0.717, 1.165) is 41.7 Å². The molecule has 5 rings (SSSR count). The molecule has 154 valence electrons. The number of carbonyl (C=O) groups is 2. The van der Waals surface area contributed by atoms with Gasteiger partial charge in [0.05, 0.1) is 6.42 Å². The van der Waals surface area contributed by atoms with Crippen LogP contribution in [0.15, 0.2) is 54.9 Å². The van der Waals surface area contributed by atoms with Gasteiger partial charge < -0.3 is 15.2 Å². The molecule has 2 fully saturated rings. The average Bonchev–Trinajstić information content (AvgIpc) is 3.39. The predicted molar refractivity (Wildman–Crippen MR) is 114 cm³/mol. The molecule has 2 aliphatic heterocycles. The van der Waals surface area contributed by atoms with E-state index < -0.39 is 0 Å². The first-order chi connectivity index (χ1) is 14.7. The van der Waals surface area contributed by atoms with Gasteiger partial charge >= 0.3 is 0 Å². The van der Waals surface area contributed by atoms with Gasteiger partial charge in [0.15, 0.2) is 0 Å². The van der Waals surface area contributed by atoms with E-state index in [1.165, 1.54) is 0 Å². The third kappa shape index (κ3) is 3.57. The van der Waals surface area contributed by atoms with Crippen LogP contribution in [0.5, 0.6) is 0 Å². The molecule has 2 aromatic heterocycles. The van der Waals surface area contributed by atoms with Gasteiger partial charge in [0.1, 0.15) is 5.65 Å². The molecule has 3 aromatic rings. The van der Waals surface area contributed by atoms with Crippen LogP contribution in [0.1, 0.15) is 22.3 Å². The van der Waals surface area contributed by atoms with Crippen molar-refractivity contribution in [3.63, 3.8) is 0 Å². The number of carbonyl (C=O) groups excluding carboxylic acids is 2. The molecule has 0 radical (unpaired) electrons. The Labute approximate surface area is 175 Å². The Balaban J connectivity index is 1.22. The van der Waals surface area contributed by atoms with E-state index in [2.05, 4.69) is 20.2 Å². The fraction of sp³-hybridized carbons (Fsp3) is 0.348. The van der Waals surface area contributed by atoms with Crippen LogP contribution in [0.2, 0.25) is 0 Å². The summed E-state index contributed by atoms with van der Waals surface area (Å²) in [5.41, 5.74) is 2.47. The van der Waals surface area contributed by atoms with Crippen molar-refractivity contribution in [1.82, 2.24) is 25.1 Å². The van der Waals surface area contributed by atoms with E-state index in [4.69, 9.17) is 0 Å². The Morgan fingerprint density at radius 1 is 1.13 bits per heavy atom. The summed E-state index contributed by atoms with van der Waals surface area (Å²) in [5, 5.41) is 4.06. The molecule has 2 aliphatic rings. The Bertz CT molecular complexity index is 1060. The molecule has 2 N–H and O–H groups in total. The SMILES string of the molecule is O=C(Cc1c[nH]c2ncccc12)NCC1CN(C(=O)c2ccccc2)C2CCN1C2. The first-order valence-electron chi connectivity index (χ1n) is 10.5. The number of aromatic nitrogens is 2. The van der Waals surface area contributed by atoms with Crippen LogP contribution in [-0.4, -0.2) is 69.8 Å². The number of benzene rings is 1. The van der Waals surface area contributed by atoms with Gasteiger partial charge in [-0.05, 0) is 36.2 Å². The van der Waals surface area contributed by atoms with Crippen LogP contribution < -0.4 is 5.32 Å². The molecule has 4 heterocycles. The topological polar surface area (TPSA) is 81.3 Å². The lowest BCUT2D eigenvalue weighted by atomic mass is 10.1. The number of H-pyrrole nitrogens is 1. The zero-order valence-electron chi connectivity index (χ0n) is 16.8. The minimum atomic E-state index is -0.0120. The summed E-state index contributed by atoms with van der Waals surface area (Å²) in [6.45, 7) is 3.05. The molecule has 3 unspecified atom stereocenters. The van der Waals surface area contributed by atoms with E-state index in [-0.39, 0.29) is 23.9 Å². The first kappa shape index (κ1) is 18.8. The molecule has 2 amide bonds. The second-order valence-electron chi connectivity index (χ2n) is 8.11. The van der Waals surface area contributed by atoms with Crippen molar-refractivity contribution < 1.29 is 9.59 Å². The van der Waals surface area contributed by atoms with Gasteiger partial charge in [0, 0.05) is 61.6 Å². The minimum absolute atomic E-state index is 0.0120. The van der Waals surface area contributed by atoms with Crippen molar-refractivity contribution in [2.75, 3.05) is 26.2 Å². The summed E-state index contributed by atoms with van der Waals surface area (Å²) in [6, 6.07) is 13.7. The molecule has 3 atom stereocenters. The smallest absolute Gasteiger partial charge is 0.254 e.